The van der Waals surface area contributed by atoms with Crippen molar-refractivity contribution < 1.29 is 4.79 Å². The molecule has 0 saturated heterocycles. The summed E-state index contributed by atoms with van der Waals surface area (Å²) in [7, 11) is 1.76. The number of benzene rings is 1. The van der Waals surface area contributed by atoms with Crippen LogP contribution in [0.25, 0.3) is 5.69 Å². The number of rotatable bonds is 4. The molecule has 2 amide bonds. The van der Waals surface area contributed by atoms with Crippen LogP contribution in [0.3, 0.4) is 0 Å². The summed E-state index contributed by atoms with van der Waals surface area (Å²) in [6.45, 7) is 4.49. The van der Waals surface area contributed by atoms with Gasteiger partial charge in [0.1, 0.15) is 0 Å². The van der Waals surface area contributed by atoms with Gasteiger partial charge in [0.25, 0.3) is 0 Å². The quantitative estimate of drug-likeness (QED) is 0.793. The van der Waals surface area contributed by atoms with Crippen molar-refractivity contribution in [2.24, 2.45) is 0 Å². The van der Waals surface area contributed by atoms with E-state index in [1.165, 1.54) is 0 Å². The number of urea groups is 1. The summed E-state index contributed by atoms with van der Waals surface area (Å²) >= 11 is 0. The van der Waals surface area contributed by atoms with Crippen LogP contribution in [0.2, 0.25) is 0 Å². The van der Waals surface area contributed by atoms with E-state index in [2.05, 4.69) is 15.4 Å². The second-order valence-corrected chi connectivity index (χ2v) is 6.03. The van der Waals surface area contributed by atoms with Crippen LogP contribution in [-0.4, -0.2) is 32.7 Å². The number of carbonyl (C=O) groups excluding carboxylic acids is 1. The fraction of sp³-hybridized carbons (Fsp3) is 0.211. The molecule has 6 heteroatoms. The van der Waals surface area contributed by atoms with E-state index < -0.39 is 0 Å². The lowest BCUT2D eigenvalue weighted by atomic mass is 10.2. The van der Waals surface area contributed by atoms with Gasteiger partial charge in [0.2, 0.25) is 0 Å². The highest BCUT2D eigenvalue weighted by Gasteiger charge is 2.10. The normalized spacial score (nSPS) is 10.5. The second kappa shape index (κ2) is 7.17. The average molecular weight is 335 g/mol. The van der Waals surface area contributed by atoms with E-state index in [-0.39, 0.29) is 6.03 Å². The van der Waals surface area contributed by atoms with Crippen LogP contribution in [0.5, 0.6) is 0 Å². The summed E-state index contributed by atoms with van der Waals surface area (Å²) in [5, 5.41) is 7.41. The Morgan fingerprint density at radius 1 is 1.16 bits per heavy atom. The predicted octanol–water partition coefficient (Wildman–Crippen LogP) is 3.55. The van der Waals surface area contributed by atoms with E-state index in [1.807, 2.05) is 61.0 Å². The minimum atomic E-state index is -0.165. The zero-order valence-electron chi connectivity index (χ0n) is 14.6. The molecule has 0 radical (unpaired) electrons. The molecule has 0 fully saturated rings. The lowest BCUT2D eigenvalue weighted by Gasteiger charge is -2.18. The van der Waals surface area contributed by atoms with Gasteiger partial charge in [-0.25, -0.2) is 9.48 Å². The molecule has 0 atom stereocenters. The first-order chi connectivity index (χ1) is 12.0. The van der Waals surface area contributed by atoms with Crippen molar-refractivity contribution in [3.63, 3.8) is 0 Å². The SMILES string of the molecule is Cc1cc(C)n(-c2cccc(NC(=O)N(C)Cc3ccncc3)c2)n1. The first-order valence-corrected chi connectivity index (χ1v) is 8.07. The highest BCUT2D eigenvalue weighted by Crippen LogP contribution is 2.17. The third kappa shape index (κ3) is 4.03. The number of nitrogens with zero attached hydrogens (tertiary/aromatic N) is 4. The number of carbonyl (C=O) groups is 1. The molecule has 3 aromatic rings. The van der Waals surface area contributed by atoms with Gasteiger partial charge in [-0.2, -0.15) is 5.10 Å². The van der Waals surface area contributed by atoms with Gasteiger partial charge in [0.05, 0.1) is 11.4 Å². The van der Waals surface area contributed by atoms with Crippen LogP contribution >= 0.6 is 0 Å². The van der Waals surface area contributed by atoms with E-state index in [4.69, 9.17) is 0 Å². The predicted molar refractivity (Wildman–Crippen MR) is 97.8 cm³/mol. The van der Waals surface area contributed by atoms with Gasteiger partial charge in [0.15, 0.2) is 0 Å². The monoisotopic (exact) mass is 335 g/mol. The third-order valence-corrected chi connectivity index (χ3v) is 3.87. The van der Waals surface area contributed by atoms with Gasteiger partial charge in [0, 0.05) is 37.4 Å². The molecule has 0 bridgehead atoms. The standard InChI is InChI=1S/C19H21N5O/c1-14-11-15(2)24(22-14)18-6-4-5-17(12-18)21-19(25)23(3)13-16-7-9-20-10-8-16/h4-12H,13H2,1-3H3,(H,21,25). The molecule has 0 unspecified atom stereocenters. The Morgan fingerprint density at radius 2 is 1.92 bits per heavy atom. The molecular formula is C19H21N5O. The van der Waals surface area contributed by atoms with Crippen molar-refractivity contribution >= 4 is 11.7 Å². The number of aryl methyl sites for hydroxylation is 2. The number of amides is 2. The van der Waals surface area contributed by atoms with Crippen LogP contribution < -0.4 is 5.32 Å². The average Bonchev–Trinajstić information content (AvgIpc) is 2.94. The van der Waals surface area contributed by atoms with Crippen LogP contribution in [0.4, 0.5) is 10.5 Å². The molecule has 1 aromatic carbocycles. The highest BCUT2D eigenvalue weighted by molar-refractivity contribution is 5.89. The molecule has 2 aromatic heterocycles. The Labute approximate surface area is 147 Å². The van der Waals surface area contributed by atoms with E-state index in [0.717, 1.165) is 28.3 Å². The van der Waals surface area contributed by atoms with Crippen molar-refractivity contribution in [3.8, 4) is 5.69 Å². The van der Waals surface area contributed by atoms with E-state index in [0.29, 0.717) is 6.54 Å². The van der Waals surface area contributed by atoms with Crippen LogP contribution in [0.1, 0.15) is 17.0 Å². The lowest BCUT2D eigenvalue weighted by Crippen LogP contribution is -2.30. The summed E-state index contributed by atoms with van der Waals surface area (Å²) in [6.07, 6.45) is 3.44. The van der Waals surface area contributed by atoms with Gasteiger partial charge in [-0.3, -0.25) is 4.98 Å². The van der Waals surface area contributed by atoms with Gasteiger partial charge >= 0.3 is 6.03 Å². The summed E-state index contributed by atoms with van der Waals surface area (Å²) in [5.74, 6) is 0. The first-order valence-electron chi connectivity index (χ1n) is 8.07. The molecule has 3 rings (SSSR count). The second-order valence-electron chi connectivity index (χ2n) is 6.03. The lowest BCUT2D eigenvalue weighted by molar-refractivity contribution is 0.220. The third-order valence-electron chi connectivity index (χ3n) is 3.87. The van der Waals surface area contributed by atoms with Crippen molar-refractivity contribution in [2.45, 2.75) is 20.4 Å². The molecular weight excluding hydrogens is 314 g/mol. The Kier molecular flexibility index (Phi) is 4.79. The van der Waals surface area contributed by atoms with Crippen molar-refractivity contribution in [1.82, 2.24) is 19.7 Å². The van der Waals surface area contributed by atoms with Crippen LogP contribution in [-0.2, 0) is 6.54 Å². The van der Waals surface area contributed by atoms with E-state index in [9.17, 15) is 4.79 Å². The van der Waals surface area contributed by atoms with Crippen molar-refractivity contribution in [2.75, 3.05) is 12.4 Å². The molecule has 6 nitrogen and oxygen atoms in total. The molecule has 128 valence electrons. The number of pyridine rings is 1. The zero-order chi connectivity index (χ0) is 17.8. The Morgan fingerprint density at radius 3 is 2.60 bits per heavy atom. The summed E-state index contributed by atoms with van der Waals surface area (Å²) < 4.78 is 1.87. The van der Waals surface area contributed by atoms with Crippen molar-refractivity contribution in [1.29, 1.82) is 0 Å². The minimum Gasteiger partial charge on any atom is -0.323 e. The van der Waals surface area contributed by atoms with Gasteiger partial charge in [-0.15, -0.1) is 0 Å². The minimum absolute atomic E-state index is 0.165. The van der Waals surface area contributed by atoms with Crippen LogP contribution in [0.15, 0.2) is 54.9 Å². The van der Waals surface area contributed by atoms with E-state index >= 15 is 0 Å². The number of anilines is 1. The van der Waals surface area contributed by atoms with Crippen molar-refractivity contribution in [3.05, 3.63) is 71.8 Å². The molecule has 25 heavy (non-hydrogen) atoms. The maximum absolute atomic E-state index is 12.4. The molecule has 0 saturated carbocycles. The van der Waals surface area contributed by atoms with Crippen LogP contribution in [0, 0.1) is 13.8 Å². The van der Waals surface area contributed by atoms with Gasteiger partial charge in [-0.05, 0) is 55.8 Å². The Bertz CT molecular complexity index is 873. The molecule has 1 N–H and O–H groups in total. The number of aromatic nitrogens is 3. The molecule has 0 aliphatic heterocycles. The summed E-state index contributed by atoms with van der Waals surface area (Å²) in [6, 6.07) is 13.3. The smallest absolute Gasteiger partial charge is 0.321 e. The molecule has 0 aliphatic carbocycles. The summed E-state index contributed by atoms with van der Waals surface area (Å²) in [4.78, 5) is 18.0. The number of nitrogens with one attached hydrogen (secondary N) is 1. The van der Waals surface area contributed by atoms with Gasteiger partial charge in [-0.1, -0.05) is 6.07 Å². The molecule has 0 spiro atoms. The topological polar surface area (TPSA) is 63.1 Å². The highest BCUT2D eigenvalue weighted by atomic mass is 16.2. The fourth-order valence-corrected chi connectivity index (χ4v) is 2.66. The number of hydrogen-bond donors (Lipinski definition) is 1. The first kappa shape index (κ1) is 16.7. The van der Waals surface area contributed by atoms with Gasteiger partial charge < -0.3 is 10.2 Å². The fourth-order valence-electron chi connectivity index (χ4n) is 2.66. The maximum atomic E-state index is 12.4. The molecule has 2 heterocycles. The number of hydrogen-bond acceptors (Lipinski definition) is 3. The Hall–Kier alpha value is -3.15. The largest absolute Gasteiger partial charge is 0.323 e. The molecule has 0 aliphatic rings. The Balaban J connectivity index is 1.71. The maximum Gasteiger partial charge on any atom is 0.321 e. The zero-order valence-corrected chi connectivity index (χ0v) is 14.6. The van der Waals surface area contributed by atoms with E-state index in [1.54, 1.807) is 24.3 Å². The summed E-state index contributed by atoms with van der Waals surface area (Å²) in [5.41, 5.74) is 4.70.